The Morgan fingerprint density at radius 1 is 1.10 bits per heavy atom. The minimum atomic E-state index is 0.186. The molecular weight excluding hydrogens is 246 g/mol. The molecule has 0 spiro atoms. The van der Waals surface area contributed by atoms with Gasteiger partial charge in [0, 0.05) is 5.54 Å². The van der Waals surface area contributed by atoms with E-state index < -0.39 is 0 Å². The van der Waals surface area contributed by atoms with E-state index in [-0.39, 0.29) is 5.54 Å². The topological polar surface area (TPSA) is 21.3 Å². The maximum absolute atomic E-state index is 5.63. The highest BCUT2D eigenvalue weighted by atomic mass is 16.5. The van der Waals surface area contributed by atoms with Crippen molar-refractivity contribution in [3.8, 4) is 5.75 Å². The molecule has 2 unspecified atom stereocenters. The van der Waals surface area contributed by atoms with Gasteiger partial charge in [-0.1, -0.05) is 32.9 Å². The molecule has 2 atom stereocenters. The van der Waals surface area contributed by atoms with Crippen LogP contribution in [-0.4, -0.2) is 18.7 Å². The first kappa shape index (κ1) is 17.0. The van der Waals surface area contributed by atoms with Gasteiger partial charge in [0.15, 0.2) is 0 Å². The van der Waals surface area contributed by atoms with E-state index in [4.69, 9.17) is 4.74 Å². The smallest absolute Gasteiger partial charge is 0.119 e. The van der Waals surface area contributed by atoms with Gasteiger partial charge in [-0.15, -0.1) is 0 Å². The predicted molar refractivity (Wildman–Crippen MR) is 87.6 cm³/mol. The van der Waals surface area contributed by atoms with Gasteiger partial charge in [0.25, 0.3) is 0 Å². The Bertz CT molecular complexity index is 377. The summed E-state index contributed by atoms with van der Waals surface area (Å²) >= 11 is 0. The highest BCUT2D eigenvalue weighted by molar-refractivity contribution is 5.29. The molecule has 0 bridgehead atoms. The lowest BCUT2D eigenvalue weighted by Gasteiger charge is -2.27. The fraction of sp³-hybridized carbons (Fsp3) is 0.667. The lowest BCUT2D eigenvalue weighted by molar-refractivity contribution is 0.317. The Morgan fingerprint density at radius 2 is 1.70 bits per heavy atom. The predicted octanol–water partition coefficient (Wildman–Crippen LogP) is 4.60. The van der Waals surface area contributed by atoms with Crippen molar-refractivity contribution in [2.24, 2.45) is 5.92 Å². The first-order valence-corrected chi connectivity index (χ1v) is 7.81. The fourth-order valence-electron chi connectivity index (χ4n) is 2.06. The zero-order valence-corrected chi connectivity index (χ0v) is 14.0. The molecule has 0 saturated heterocycles. The van der Waals surface area contributed by atoms with E-state index in [2.05, 4.69) is 71.1 Å². The number of nitrogens with one attached hydrogen (secondary N) is 1. The molecule has 0 aliphatic rings. The van der Waals surface area contributed by atoms with Crippen molar-refractivity contribution in [2.45, 2.75) is 59.4 Å². The van der Waals surface area contributed by atoms with Gasteiger partial charge in [-0.3, -0.25) is 0 Å². The molecule has 1 rings (SSSR count). The summed E-state index contributed by atoms with van der Waals surface area (Å²) in [5.41, 5.74) is 1.57. The maximum atomic E-state index is 5.63. The minimum Gasteiger partial charge on any atom is -0.494 e. The van der Waals surface area contributed by atoms with Crippen LogP contribution in [0.2, 0.25) is 0 Å². The minimum absolute atomic E-state index is 0.186. The molecular formula is C18H31NO. The molecule has 0 fully saturated rings. The molecule has 1 N–H and O–H groups in total. The summed E-state index contributed by atoms with van der Waals surface area (Å²) in [7, 11) is 0. The average Bonchev–Trinajstić information content (AvgIpc) is 2.41. The Balaban J connectivity index is 2.55. The fourth-order valence-corrected chi connectivity index (χ4v) is 2.06. The third-order valence-electron chi connectivity index (χ3n) is 3.69. The normalized spacial score (nSPS) is 14.9. The van der Waals surface area contributed by atoms with Crippen molar-refractivity contribution in [1.82, 2.24) is 5.32 Å². The highest BCUT2D eigenvalue weighted by Crippen LogP contribution is 2.26. The van der Waals surface area contributed by atoms with Gasteiger partial charge in [-0.25, -0.2) is 0 Å². The van der Waals surface area contributed by atoms with E-state index in [0.717, 1.165) is 25.3 Å². The molecule has 0 radical (unpaired) electrons. The third kappa shape index (κ3) is 5.96. The molecule has 0 aliphatic heterocycles. The van der Waals surface area contributed by atoms with Crippen LogP contribution in [0.25, 0.3) is 0 Å². The van der Waals surface area contributed by atoms with E-state index in [1.54, 1.807) is 0 Å². The zero-order chi connectivity index (χ0) is 15.2. The van der Waals surface area contributed by atoms with E-state index in [1.165, 1.54) is 5.56 Å². The summed E-state index contributed by atoms with van der Waals surface area (Å²) in [6, 6.07) is 8.57. The standard InChI is InChI=1S/C18H31NO/c1-7-12-20-17-10-8-16(9-11-17)15(3)14(2)13-19-18(4,5)6/h8-11,14-15,19H,7,12-13H2,1-6H3. The van der Waals surface area contributed by atoms with Crippen molar-refractivity contribution in [1.29, 1.82) is 0 Å². The van der Waals surface area contributed by atoms with E-state index in [9.17, 15) is 0 Å². The molecule has 1 aromatic carbocycles. The van der Waals surface area contributed by atoms with Gasteiger partial charge < -0.3 is 10.1 Å². The van der Waals surface area contributed by atoms with Crippen molar-refractivity contribution in [3.63, 3.8) is 0 Å². The van der Waals surface area contributed by atoms with Gasteiger partial charge in [0.1, 0.15) is 5.75 Å². The van der Waals surface area contributed by atoms with Crippen LogP contribution < -0.4 is 10.1 Å². The number of hydrogen-bond donors (Lipinski definition) is 1. The van der Waals surface area contributed by atoms with Gasteiger partial charge in [-0.05, 0) is 63.3 Å². The van der Waals surface area contributed by atoms with Crippen LogP contribution in [0.3, 0.4) is 0 Å². The second kappa shape index (κ2) is 7.68. The van der Waals surface area contributed by atoms with Crippen LogP contribution in [0.5, 0.6) is 5.75 Å². The SMILES string of the molecule is CCCOc1ccc(C(C)C(C)CNC(C)(C)C)cc1. The first-order chi connectivity index (χ1) is 9.33. The lowest BCUT2D eigenvalue weighted by Crippen LogP contribution is -2.39. The lowest BCUT2D eigenvalue weighted by atomic mass is 9.88. The molecule has 20 heavy (non-hydrogen) atoms. The van der Waals surface area contributed by atoms with Crippen molar-refractivity contribution >= 4 is 0 Å². The molecule has 114 valence electrons. The molecule has 0 saturated carbocycles. The van der Waals surface area contributed by atoms with Crippen LogP contribution in [-0.2, 0) is 0 Å². The summed E-state index contributed by atoms with van der Waals surface area (Å²) in [5.74, 6) is 2.13. The molecule has 0 amide bonds. The molecule has 0 aromatic heterocycles. The maximum Gasteiger partial charge on any atom is 0.119 e. The van der Waals surface area contributed by atoms with Crippen LogP contribution in [0.15, 0.2) is 24.3 Å². The van der Waals surface area contributed by atoms with Crippen LogP contribution in [0.4, 0.5) is 0 Å². The molecule has 0 aliphatic carbocycles. The number of ether oxygens (including phenoxy) is 1. The Hall–Kier alpha value is -1.02. The van der Waals surface area contributed by atoms with Crippen LogP contribution in [0, 0.1) is 5.92 Å². The summed E-state index contributed by atoms with van der Waals surface area (Å²) in [4.78, 5) is 0. The van der Waals surface area contributed by atoms with E-state index in [1.807, 2.05) is 0 Å². The second-order valence-corrected chi connectivity index (χ2v) is 6.81. The number of hydrogen-bond acceptors (Lipinski definition) is 2. The average molecular weight is 277 g/mol. The van der Waals surface area contributed by atoms with Crippen molar-refractivity contribution in [2.75, 3.05) is 13.2 Å². The summed E-state index contributed by atoms with van der Waals surface area (Å²) < 4.78 is 5.63. The van der Waals surface area contributed by atoms with Crippen molar-refractivity contribution < 1.29 is 4.74 Å². The van der Waals surface area contributed by atoms with Crippen molar-refractivity contribution in [3.05, 3.63) is 29.8 Å². The van der Waals surface area contributed by atoms with Gasteiger partial charge in [-0.2, -0.15) is 0 Å². The Labute approximate surface area is 124 Å². The zero-order valence-electron chi connectivity index (χ0n) is 14.0. The summed E-state index contributed by atoms with van der Waals surface area (Å²) in [5, 5.41) is 3.59. The molecule has 1 aromatic rings. The molecule has 2 heteroatoms. The van der Waals surface area contributed by atoms with Gasteiger partial charge >= 0.3 is 0 Å². The largest absolute Gasteiger partial charge is 0.494 e. The Kier molecular flexibility index (Phi) is 6.54. The van der Waals surface area contributed by atoms with Crippen LogP contribution >= 0.6 is 0 Å². The van der Waals surface area contributed by atoms with E-state index in [0.29, 0.717) is 11.8 Å². The quantitative estimate of drug-likeness (QED) is 0.786. The van der Waals surface area contributed by atoms with Gasteiger partial charge in [0.05, 0.1) is 6.61 Å². The summed E-state index contributed by atoms with van der Waals surface area (Å²) in [6.45, 7) is 15.2. The second-order valence-electron chi connectivity index (χ2n) is 6.81. The first-order valence-electron chi connectivity index (χ1n) is 7.81. The van der Waals surface area contributed by atoms with Gasteiger partial charge in [0.2, 0.25) is 0 Å². The molecule has 2 nitrogen and oxygen atoms in total. The number of rotatable bonds is 7. The highest BCUT2D eigenvalue weighted by Gasteiger charge is 2.17. The molecule has 0 heterocycles. The third-order valence-corrected chi connectivity index (χ3v) is 3.69. The van der Waals surface area contributed by atoms with E-state index >= 15 is 0 Å². The van der Waals surface area contributed by atoms with Crippen LogP contribution in [0.1, 0.15) is 59.4 Å². The number of benzene rings is 1. The Morgan fingerprint density at radius 3 is 2.20 bits per heavy atom. The summed E-state index contributed by atoms with van der Waals surface area (Å²) in [6.07, 6.45) is 1.05. The monoisotopic (exact) mass is 277 g/mol.